The first kappa shape index (κ1) is 11.9. The molecule has 0 fully saturated rings. The van der Waals surface area contributed by atoms with E-state index in [0.717, 1.165) is 17.1 Å². The molecule has 0 spiro atoms. The third kappa shape index (κ3) is 2.42. The molecule has 0 radical (unpaired) electrons. The molecule has 0 saturated heterocycles. The van der Waals surface area contributed by atoms with Crippen LogP contribution in [-0.4, -0.2) is 14.2 Å². The number of benzene rings is 1. The summed E-state index contributed by atoms with van der Waals surface area (Å²) in [6.07, 6.45) is 0. The second kappa shape index (κ2) is 4.82. The van der Waals surface area contributed by atoms with Gasteiger partial charge in [-0.3, -0.25) is 0 Å². The molecule has 0 aromatic heterocycles. The first-order chi connectivity index (χ1) is 5.69. The van der Waals surface area contributed by atoms with Gasteiger partial charge in [0.15, 0.2) is 0 Å². The Morgan fingerprint density at radius 3 is 1.77 bits per heavy atom. The quantitative estimate of drug-likeness (QED) is 0.748. The van der Waals surface area contributed by atoms with Crippen LogP contribution in [0.4, 0.5) is 5.69 Å². The van der Waals surface area contributed by atoms with Crippen LogP contribution in [0.2, 0.25) is 0 Å². The van der Waals surface area contributed by atoms with Crippen LogP contribution in [0.5, 0.6) is 11.5 Å². The van der Waals surface area contributed by atoms with Gasteiger partial charge in [0.1, 0.15) is 11.5 Å². The van der Waals surface area contributed by atoms with Crippen molar-refractivity contribution in [1.82, 2.24) is 0 Å². The maximum atomic E-state index is 5.62. The number of nitrogen functional groups attached to an aromatic ring is 1. The van der Waals surface area contributed by atoms with Gasteiger partial charge in [-0.1, -0.05) is 0 Å². The summed E-state index contributed by atoms with van der Waals surface area (Å²) in [6, 6.07) is 3.55. The van der Waals surface area contributed by atoms with Crippen LogP contribution in [0.15, 0.2) is 12.1 Å². The Hall–Kier alpha value is -1.09. The van der Waals surface area contributed by atoms with Crippen molar-refractivity contribution in [2.24, 2.45) is 0 Å². The van der Waals surface area contributed by atoms with E-state index in [2.05, 4.69) is 0 Å². The smallest absolute Gasteiger partial charge is 0.127 e. The summed E-state index contributed by atoms with van der Waals surface area (Å²) in [4.78, 5) is 0. The molecule has 0 bridgehead atoms. The van der Waals surface area contributed by atoms with Gasteiger partial charge in [0.25, 0.3) is 0 Å². The van der Waals surface area contributed by atoms with E-state index >= 15 is 0 Å². The van der Waals surface area contributed by atoms with Gasteiger partial charge in [-0.15, -0.1) is 12.4 Å². The summed E-state index contributed by atoms with van der Waals surface area (Å²) >= 11 is 0. The molecule has 2 N–H and O–H groups in total. The summed E-state index contributed by atoms with van der Waals surface area (Å²) in [6.45, 7) is 1.93. The summed E-state index contributed by atoms with van der Waals surface area (Å²) in [5, 5.41) is 0. The number of anilines is 1. The van der Waals surface area contributed by atoms with Crippen molar-refractivity contribution < 1.29 is 9.47 Å². The second-order valence-corrected chi connectivity index (χ2v) is 2.55. The van der Waals surface area contributed by atoms with E-state index in [4.69, 9.17) is 15.2 Å². The highest BCUT2D eigenvalue weighted by molar-refractivity contribution is 5.85. The highest BCUT2D eigenvalue weighted by atomic mass is 35.5. The molecule has 0 heterocycles. The van der Waals surface area contributed by atoms with Gasteiger partial charge in [0.05, 0.1) is 14.2 Å². The van der Waals surface area contributed by atoms with Crippen molar-refractivity contribution in [3.63, 3.8) is 0 Å². The standard InChI is InChI=1S/C9H13NO2.ClH/c1-6-8(11-2)4-7(10)5-9(6)12-3;/h4-5H,10H2,1-3H3;1H. The number of methoxy groups -OCH3 is 2. The Labute approximate surface area is 84.2 Å². The zero-order chi connectivity index (χ0) is 9.14. The first-order valence-electron chi connectivity index (χ1n) is 3.67. The third-order valence-electron chi connectivity index (χ3n) is 1.77. The average Bonchev–Trinajstić information content (AvgIpc) is 2.08. The molecule has 4 heteroatoms. The zero-order valence-electron chi connectivity index (χ0n) is 7.96. The van der Waals surface area contributed by atoms with Crippen molar-refractivity contribution in [2.75, 3.05) is 20.0 Å². The number of hydrogen-bond donors (Lipinski definition) is 1. The first-order valence-corrected chi connectivity index (χ1v) is 3.67. The van der Waals surface area contributed by atoms with E-state index in [0.29, 0.717) is 5.69 Å². The lowest BCUT2D eigenvalue weighted by molar-refractivity contribution is 0.389. The molecule has 0 aliphatic rings. The molecule has 1 aromatic carbocycles. The van der Waals surface area contributed by atoms with Crippen molar-refractivity contribution >= 4 is 18.1 Å². The summed E-state index contributed by atoms with van der Waals surface area (Å²) < 4.78 is 10.2. The Bertz CT molecular complexity index is 264. The van der Waals surface area contributed by atoms with Crippen LogP contribution < -0.4 is 15.2 Å². The predicted molar refractivity (Wildman–Crippen MR) is 55.9 cm³/mol. The Balaban J connectivity index is 0.00000144. The van der Waals surface area contributed by atoms with Gasteiger partial charge in [0.2, 0.25) is 0 Å². The summed E-state index contributed by atoms with van der Waals surface area (Å²) in [5.41, 5.74) is 7.23. The molecular formula is C9H14ClNO2. The number of ether oxygens (including phenoxy) is 2. The molecule has 0 unspecified atom stereocenters. The highest BCUT2D eigenvalue weighted by Gasteiger charge is 2.05. The van der Waals surface area contributed by atoms with Gasteiger partial charge in [-0.05, 0) is 6.92 Å². The average molecular weight is 204 g/mol. The number of hydrogen-bond acceptors (Lipinski definition) is 3. The van der Waals surface area contributed by atoms with E-state index in [-0.39, 0.29) is 12.4 Å². The van der Waals surface area contributed by atoms with Gasteiger partial charge < -0.3 is 15.2 Å². The fraction of sp³-hybridized carbons (Fsp3) is 0.333. The molecule has 74 valence electrons. The maximum absolute atomic E-state index is 5.62. The van der Waals surface area contributed by atoms with Crippen LogP contribution in [0, 0.1) is 6.92 Å². The molecule has 0 atom stereocenters. The molecule has 0 aliphatic carbocycles. The topological polar surface area (TPSA) is 44.5 Å². The molecule has 13 heavy (non-hydrogen) atoms. The van der Waals surface area contributed by atoms with Crippen molar-refractivity contribution in [2.45, 2.75) is 6.92 Å². The Morgan fingerprint density at radius 2 is 1.46 bits per heavy atom. The lowest BCUT2D eigenvalue weighted by Gasteiger charge is -2.10. The zero-order valence-corrected chi connectivity index (χ0v) is 8.77. The van der Waals surface area contributed by atoms with Crippen LogP contribution in [0.25, 0.3) is 0 Å². The fourth-order valence-electron chi connectivity index (χ4n) is 1.11. The predicted octanol–water partition coefficient (Wildman–Crippen LogP) is 2.02. The van der Waals surface area contributed by atoms with Gasteiger partial charge >= 0.3 is 0 Å². The van der Waals surface area contributed by atoms with E-state index in [1.807, 2.05) is 6.92 Å². The minimum Gasteiger partial charge on any atom is -0.496 e. The van der Waals surface area contributed by atoms with Crippen LogP contribution in [0.3, 0.4) is 0 Å². The van der Waals surface area contributed by atoms with Gasteiger partial charge in [-0.2, -0.15) is 0 Å². The number of nitrogens with two attached hydrogens (primary N) is 1. The second-order valence-electron chi connectivity index (χ2n) is 2.55. The third-order valence-corrected chi connectivity index (χ3v) is 1.77. The summed E-state index contributed by atoms with van der Waals surface area (Å²) in [7, 11) is 3.22. The molecule has 1 aromatic rings. The summed E-state index contributed by atoms with van der Waals surface area (Å²) in [5.74, 6) is 1.51. The monoisotopic (exact) mass is 203 g/mol. The van der Waals surface area contributed by atoms with Crippen LogP contribution in [-0.2, 0) is 0 Å². The van der Waals surface area contributed by atoms with Gasteiger partial charge in [0, 0.05) is 23.4 Å². The minimum absolute atomic E-state index is 0. The fourth-order valence-corrected chi connectivity index (χ4v) is 1.11. The normalized spacial score (nSPS) is 8.85. The van der Waals surface area contributed by atoms with Crippen LogP contribution >= 0.6 is 12.4 Å². The number of rotatable bonds is 2. The molecule has 0 saturated carbocycles. The van der Waals surface area contributed by atoms with E-state index in [1.165, 1.54) is 0 Å². The van der Waals surface area contributed by atoms with Crippen molar-refractivity contribution in [1.29, 1.82) is 0 Å². The van der Waals surface area contributed by atoms with E-state index < -0.39 is 0 Å². The lowest BCUT2D eigenvalue weighted by atomic mass is 10.2. The van der Waals surface area contributed by atoms with Crippen LogP contribution in [0.1, 0.15) is 5.56 Å². The van der Waals surface area contributed by atoms with Gasteiger partial charge in [-0.25, -0.2) is 0 Å². The SMILES string of the molecule is COc1cc(N)cc(OC)c1C.Cl. The lowest BCUT2D eigenvalue weighted by Crippen LogP contribution is -1.95. The largest absolute Gasteiger partial charge is 0.496 e. The number of halogens is 1. The highest BCUT2D eigenvalue weighted by Crippen LogP contribution is 2.30. The molecule has 0 amide bonds. The molecule has 3 nitrogen and oxygen atoms in total. The van der Waals surface area contributed by atoms with Crippen molar-refractivity contribution in [3.8, 4) is 11.5 Å². The Morgan fingerprint density at radius 1 is 1.08 bits per heavy atom. The van der Waals surface area contributed by atoms with Crippen molar-refractivity contribution in [3.05, 3.63) is 17.7 Å². The van der Waals surface area contributed by atoms with E-state index in [1.54, 1.807) is 26.4 Å². The molecule has 0 aliphatic heterocycles. The Kier molecular flexibility index (Phi) is 4.42. The minimum atomic E-state index is 0. The molecular weight excluding hydrogens is 190 g/mol. The van der Waals surface area contributed by atoms with E-state index in [9.17, 15) is 0 Å². The maximum Gasteiger partial charge on any atom is 0.127 e. The molecule has 1 rings (SSSR count).